The van der Waals surface area contributed by atoms with E-state index in [2.05, 4.69) is 9.97 Å². The Kier molecular flexibility index (Phi) is 2.73. The first-order valence-electron chi connectivity index (χ1n) is 5.38. The second-order valence-corrected chi connectivity index (χ2v) is 4.83. The van der Waals surface area contributed by atoms with E-state index in [1.165, 1.54) is 0 Å². The molecule has 1 aromatic carbocycles. The lowest BCUT2D eigenvalue weighted by atomic mass is 10.2. The molecule has 0 bridgehead atoms. The highest BCUT2D eigenvalue weighted by atomic mass is 35.5. The molecule has 0 N–H and O–H groups in total. The van der Waals surface area contributed by atoms with Crippen molar-refractivity contribution in [3.63, 3.8) is 0 Å². The molecular formula is C13H9Cl2N3. The number of fused-ring (bicyclic) bond motifs is 1. The molecule has 0 atom stereocenters. The second kappa shape index (κ2) is 4.26. The van der Waals surface area contributed by atoms with Gasteiger partial charge < -0.3 is 4.57 Å². The molecule has 0 aliphatic carbocycles. The minimum atomic E-state index is 0.585. The zero-order valence-electron chi connectivity index (χ0n) is 9.56. The monoisotopic (exact) mass is 277 g/mol. The molecule has 0 saturated carbocycles. The van der Waals surface area contributed by atoms with Gasteiger partial charge in [0.15, 0.2) is 0 Å². The van der Waals surface area contributed by atoms with Crippen LogP contribution in [0.4, 0.5) is 0 Å². The van der Waals surface area contributed by atoms with Gasteiger partial charge in [-0.2, -0.15) is 0 Å². The second-order valence-electron chi connectivity index (χ2n) is 3.98. The first-order chi connectivity index (χ1) is 8.66. The fourth-order valence-corrected chi connectivity index (χ4v) is 2.33. The molecule has 3 nitrogen and oxygen atoms in total. The summed E-state index contributed by atoms with van der Waals surface area (Å²) in [5, 5.41) is 1.28. The summed E-state index contributed by atoms with van der Waals surface area (Å²) in [6.07, 6.45) is 3.32. The Bertz CT molecular complexity index is 734. The van der Waals surface area contributed by atoms with Gasteiger partial charge in [-0.1, -0.05) is 23.2 Å². The largest absolute Gasteiger partial charge is 0.327 e. The average molecular weight is 278 g/mol. The number of hydrogen-bond acceptors (Lipinski definition) is 2. The standard InChI is InChI=1S/C13H9Cl2N3/c1-18-12-6-8(14)2-3-11(12)17-13(18)9-4-5-16-7-10(9)15/h2-7H,1H3. The zero-order chi connectivity index (χ0) is 12.7. The molecule has 18 heavy (non-hydrogen) atoms. The fourth-order valence-electron chi connectivity index (χ4n) is 1.96. The van der Waals surface area contributed by atoms with Gasteiger partial charge in [-0.3, -0.25) is 4.98 Å². The summed E-state index contributed by atoms with van der Waals surface area (Å²) in [5.74, 6) is 0.805. The van der Waals surface area contributed by atoms with Gasteiger partial charge in [0.2, 0.25) is 0 Å². The first-order valence-corrected chi connectivity index (χ1v) is 6.14. The summed E-state index contributed by atoms with van der Waals surface area (Å²) in [5.41, 5.74) is 2.73. The lowest BCUT2D eigenvalue weighted by Crippen LogP contribution is -1.93. The van der Waals surface area contributed by atoms with E-state index in [0.29, 0.717) is 10.0 Å². The van der Waals surface area contributed by atoms with E-state index >= 15 is 0 Å². The number of halogens is 2. The van der Waals surface area contributed by atoms with Gasteiger partial charge in [-0.05, 0) is 24.3 Å². The van der Waals surface area contributed by atoms with Crippen LogP contribution in [0.25, 0.3) is 22.4 Å². The van der Waals surface area contributed by atoms with Gasteiger partial charge in [0, 0.05) is 30.0 Å². The third kappa shape index (κ3) is 1.76. The topological polar surface area (TPSA) is 30.7 Å². The molecule has 0 spiro atoms. The highest BCUT2D eigenvalue weighted by molar-refractivity contribution is 6.33. The van der Waals surface area contributed by atoms with Gasteiger partial charge >= 0.3 is 0 Å². The summed E-state index contributed by atoms with van der Waals surface area (Å²) in [7, 11) is 1.94. The van der Waals surface area contributed by atoms with Crippen molar-refractivity contribution in [2.24, 2.45) is 7.05 Å². The minimum absolute atomic E-state index is 0.585. The summed E-state index contributed by atoms with van der Waals surface area (Å²) in [6, 6.07) is 7.47. The molecule has 3 rings (SSSR count). The predicted octanol–water partition coefficient (Wildman–Crippen LogP) is 3.94. The van der Waals surface area contributed by atoms with Gasteiger partial charge in [-0.15, -0.1) is 0 Å². The van der Waals surface area contributed by atoms with Crippen molar-refractivity contribution in [3.05, 3.63) is 46.7 Å². The summed E-state index contributed by atoms with van der Waals surface area (Å²) in [6.45, 7) is 0. The Morgan fingerprint density at radius 1 is 1.17 bits per heavy atom. The molecule has 2 heterocycles. The van der Waals surface area contributed by atoms with E-state index in [1.54, 1.807) is 12.4 Å². The fraction of sp³-hybridized carbons (Fsp3) is 0.0769. The SMILES string of the molecule is Cn1c(-c2ccncc2Cl)nc2ccc(Cl)cc21. The number of rotatable bonds is 1. The number of hydrogen-bond donors (Lipinski definition) is 0. The molecular weight excluding hydrogens is 269 g/mol. The molecule has 5 heteroatoms. The van der Waals surface area contributed by atoms with Crippen LogP contribution in [-0.4, -0.2) is 14.5 Å². The Balaban J connectivity index is 2.31. The lowest BCUT2D eigenvalue weighted by molar-refractivity contribution is 0.958. The highest BCUT2D eigenvalue weighted by Crippen LogP contribution is 2.29. The average Bonchev–Trinajstić information content (AvgIpc) is 2.68. The Morgan fingerprint density at radius 3 is 2.78 bits per heavy atom. The molecule has 2 aromatic heterocycles. The molecule has 3 aromatic rings. The Morgan fingerprint density at radius 2 is 2.00 bits per heavy atom. The van der Waals surface area contributed by atoms with Crippen LogP contribution in [0.2, 0.25) is 10.0 Å². The van der Waals surface area contributed by atoms with Crippen molar-refractivity contribution < 1.29 is 0 Å². The summed E-state index contributed by atoms with van der Waals surface area (Å²) >= 11 is 12.1. The molecule has 0 aliphatic rings. The van der Waals surface area contributed by atoms with E-state index in [1.807, 2.05) is 35.9 Å². The van der Waals surface area contributed by atoms with E-state index in [0.717, 1.165) is 22.4 Å². The zero-order valence-corrected chi connectivity index (χ0v) is 11.1. The lowest BCUT2D eigenvalue weighted by Gasteiger charge is -2.03. The van der Waals surface area contributed by atoms with Crippen LogP contribution >= 0.6 is 23.2 Å². The van der Waals surface area contributed by atoms with Crippen molar-refractivity contribution in [2.45, 2.75) is 0 Å². The van der Waals surface area contributed by atoms with Gasteiger partial charge in [0.1, 0.15) is 5.82 Å². The van der Waals surface area contributed by atoms with Crippen LogP contribution in [0, 0.1) is 0 Å². The molecule has 0 amide bonds. The Labute approximate surface area is 114 Å². The minimum Gasteiger partial charge on any atom is -0.327 e. The van der Waals surface area contributed by atoms with Crippen LogP contribution in [0.15, 0.2) is 36.7 Å². The van der Waals surface area contributed by atoms with Crippen molar-refractivity contribution in [2.75, 3.05) is 0 Å². The van der Waals surface area contributed by atoms with E-state index < -0.39 is 0 Å². The third-order valence-electron chi connectivity index (χ3n) is 2.86. The van der Waals surface area contributed by atoms with Gasteiger partial charge in [-0.25, -0.2) is 4.98 Å². The predicted molar refractivity (Wildman–Crippen MR) is 74.0 cm³/mol. The van der Waals surface area contributed by atoms with Crippen LogP contribution < -0.4 is 0 Å². The normalized spacial score (nSPS) is 11.1. The highest BCUT2D eigenvalue weighted by Gasteiger charge is 2.12. The van der Waals surface area contributed by atoms with Crippen molar-refractivity contribution in [3.8, 4) is 11.4 Å². The molecule has 0 radical (unpaired) electrons. The van der Waals surface area contributed by atoms with Crippen molar-refractivity contribution in [1.29, 1.82) is 0 Å². The first kappa shape index (κ1) is 11.5. The maximum Gasteiger partial charge on any atom is 0.142 e. The third-order valence-corrected chi connectivity index (χ3v) is 3.39. The number of benzene rings is 1. The molecule has 0 fully saturated rings. The van der Waals surface area contributed by atoms with Crippen LogP contribution in [0.1, 0.15) is 0 Å². The molecule has 0 aliphatic heterocycles. The number of imidazole rings is 1. The smallest absolute Gasteiger partial charge is 0.142 e. The molecule has 90 valence electrons. The van der Waals surface area contributed by atoms with Gasteiger partial charge in [0.05, 0.1) is 16.1 Å². The number of pyridine rings is 1. The maximum atomic E-state index is 6.15. The van der Waals surface area contributed by atoms with Crippen LogP contribution in [-0.2, 0) is 7.05 Å². The molecule has 0 saturated heterocycles. The number of nitrogens with zero attached hydrogens (tertiary/aromatic N) is 3. The summed E-state index contributed by atoms with van der Waals surface area (Å²) < 4.78 is 1.97. The quantitative estimate of drug-likeness (QED) is 0.675. The Hall–Kier alpha value is -1.58. The van der Waals surface area contributed by atoms with E-state index in [9.17, 15) is 0 Å². The van der Waals surface area contributed by atoms with Crippen molar-refractivity contribution in [1.82, 2.24) is 14.5 Å². The molecule has 0 unspecified atom stereocenters. The van der Waals surface area contributed by atoms with Crippen molar-refractivity contribution >= 4 is 34.2 Å². The van der Waals surface area contributed by atoms with Crippen LogP contribution in [0.3, 0.4) is 0 Å². The van der Waals surface area contributed by atoms with Crippen LogP contribution in [0.5, 0.6) is 0 Å². The van der Waals surface area contributed by atoms with E-state index in [4.69, 9.17) is 23.2 Å². The maximum absolute atomic E-state index is 6.15. The number of aromatic nitrogens is 3. The van der Waals surface area contributed by atoms with E-state index in [-0.39, 0.29) is 0 Å². The van der Waals surface area contributed by atoms with Gasteiger partial charge in [0.25, 0.3) is 0 Å². The number of aryl methyl sites for hydroxylation is 1. The summed E-state index contributed by atoms with van der Waals surface area (Å²) in [4.78, 5) is 8.55.